The van der Waals surface area contributed by atoms with Crippen molar-refractivity contribution in [1.82, 2.24) is 14.9 Å². The number of aromatic nitrogens is 2. The molecule has 25 heavy (non-hydrogen) atoms. The van der Waals surface area contributed by atoms with Crippen molar-refractivity contribution in [2.75, 3.05) is 5.75 Å². The molecule has 132 valence electrons. The highest BCUT2D eigenvalue weighted by molar-refractivity contribution is 7.99. The van der Waals surface area contributed by atoms with Crippen LogP contribution in [-0.2, 0) is 17.9 Å². The molecule has 3 heterocycles. The minimum atomic E-state index is -0.128. The first-order valence-electron chi connectivity index (χ1n) is 7.93. The number of aryl methyl sites for hydroxylation is 2. The Kier molecular flexibility index (Phi) is 5.29. The molecular weight excluding hydrogens is 358 g/mol. The van der Waals surface area contributed by atoms with E-state index in [2.05, 4.69) is 10.3 Å². The first-order chi connectivity index (χ1) is 12.0. The number of amides is 1. The second-order valence-electron chi connectivity index (χ2n) is 5.55. The Labute approximate surface area is 153 Å². The average molecular weight is 377 g/mol. The highest BCUT2D eigenvalue weighted by Crippen LogP contribution is 2.28. The van der Waals surface area contributed by atoms with Crippen LogP contribution in [0.3, 0.4) is 0 Å². The molecule has 0 aliphatic heterocycles. The first-order valence-corrected chi connectivity index (χ1v) is 9.73. The second-order valence-corrected chi connectivity index (χ2v) is 7.70. The summed E-state index contributed by atoms with van der Waals surface area (Å²) in [6.07, 6.45) is 1.57. The van der Waals surface area contributed by atoms with Gasteiger partial charge in [-0.3, -0.25) is 14.2 Å². The Hall–Kier alpha value is -2.06. The maximum atomic E-state index is 12.7. The molecule has 8 heteroatoms. The van der Waals surface area contributed by atoms with E-state index in [4.69, 9.17) is 4.42 Å². The molecule has 1 N–H and O–H groups in total. The van der Waals surface area contributed by atoms with Crippen molar-refractivity contribution in [2.24, 2.45) is 0 Å². The van der Waals surface area contributed by atoms with Gasteiger partial charge in [0.1, 0.15) is 10.6 Å². The van der Waals surface area contributed by atoms with Crippen LogP contribution in [0.5, 0.6) is 0 Å². The third-order valence-corrected chi connectivity index (χ3v) is 6.02. The van der Waals surface area contributed by atoms with E-state index in [1.807, 2.05) is 20.8 Å². The fourth-order valence-electron chi connectivity index (χ4n) is 2.48. The van der Waals surface area contributed by atoms with Crippen LogP contribution in [0.15, 0.2) is 32.8 Å². The van der Waals surface area contributed by atoms with Crippen LogP contribution in [-0.4, -0.2) is 21.2 Å². The molecule has 0 radical (unpaired) electrons. The van der Waals surface area contributed by atoms with Gasteiger partial charge in [0.25, 0.3) is 5.56 Å². The van der Waals surface area contributed by atoms with Crippen molar-refractivity contribution >= 4 is 39.2 Å². The number of furan rings is 1. The molecular formula is C17H19N3O3S2. The second kappa shape index (κ2) is 7.45. The van der Waals surface area contributed by atoms with Gasteiger partial charge >= 0.3 is 0 Å². The molecule has 0 saturated heterocycles. The van der Waals surface area contributed by atoms with Crippen LogP contribution >= 0.6 is 23.1 Å². The molecule has 0 aliphatic carbocycles. The fourth-order valence-corrected chi connectivity index (χ4v) is 4.44. The zero-order valence-corrected chi connectivity index (χ0v) is 15.9. The van der Waals surface area contributed by atoms with Crippen LogP contribution in [0.2, 0.25) is 0 Å². The number of fused-ring (bicyclic) bond motifs is 1. The topological polar surface area (TPSA) is 77.1 Å². The smallest absolute Gasteiger partial charge is 0.263 e. The summed E-state index contributed by atoms with van der Waals surface area (Å²) in [4.78, 5) is 31.2. The summed E-state index contributed by atoms with van der Waals surface area (Å²) in [5.74, 6) is 0.770. The first kappa shape index (κ1) is 17.8. The van der Waals surface area contributed by atoms with E-state index in [0.29, 0.717) is 29.4 Å². The van der Waals surface area contributed by atoms with Crippen LogP contribution in [0.4, 0.5) is 0 Å². The predicted molar refractivity (Wildman–Crippen MR) is 100 cm³/mol. The van der Waals surface area contributed by atoms with Gasteiger partial charge in [-0.15, -0.1) is 11.3 Å². The minimum absolute atomic E-state index is 0.0344. The lowest BCUT2D eigenvalue weighted by molar-refractivity contribution is -0.118. The maximum absolute atomic E-state index is 12.7. The molecule has 0 bridgehead atoms. The van der Waals surface area contributed by atoms with Crippen molar-refractivity contribution in [3.63, 3.8) is 0 Å². The summed E-state index contributed by atoms with van der Waals surface area (Å²) in [7, 11) is 0. The van der Waals surface area contributed by atoms with Crippen molar-refractivity contribution in [3.8, 4) is 0 Å². The zero-order valence-electron chi connectivity index (χ0n) is 14.3. The Balaban J connectivity index is 1.76. The van der Waals surface area contributed by atoms with Crippen LogP contribution < -0.4 is 10.9 Å². The van der Waals surface area contributed by atoms with Gasteiger partial charge in [0, 0.05) is 11.4 Å². The van der Waals surface area contributed by atoms with Crippen molar-refractivity contribution in [3.05, 3.63) is 45.0 Å². The summed E-state index contributed by atoms with van der Waals surface area (Å²) in [6, 6.07) is 3.58. The lowest BCUT2D eigenvalue weighted by atomic mass is 10.2. The molecule has 0 fully saturated rings. The number of nitrogens with one attached hydrogen (secondary N) is 1. The van der Waals surface area contributed by atoms with E-state index in [-0.39, 0.29) is 17.2 Å². The van der Waals surface area contributed by atoms with Gasteiger partial charge in [-0.05, 0) is 38.5 Å². The van der Waals surface area contributed by atoms with Crippen LogP contribution in [0.1, 0.15) is 23.1 Å². The highest BCUT2D eigenvalue weighted by Gasteiger charge is 2.16. The van der Waals surface area contributed by atoms with E-state index < -0.39 is 0 Å². The average Bonchev–Trinajstić information content (AvgIpc) is 3.20. The number of carbonyl (C=O) groups excluding carboxylic acids is 1. The van der Waals surface area contributed by atoms with Crippen molar-refractivity contribution in [2.45, 2.75) is 39.0 Å². The van der Waals surface area contributed by atoms with Gasteiger partial charge in [0.15, 0.2) is 5.16 Å². The Morgan fingerprint density at radius 1 is 1.44 bits per heavy atom. The Morgan fingerprint density at radius 3 is 2.92 bits per heavy atom. The molecule has 0 unspecified atom stereocenters. The third-order valence-electron chi connectivity index (χ3n) is 3.94. The largest absolute Gasteiger partial charge is 0.467 e. The molecule has 1 amide bonds. The predicted octanol–water partition coefficient (Wildman–Crippen LogP) is 3.10. The van der Waals surface area contributed by atoms with Crippen LogP contribution in [0.25, 0.3) is 10.2 Å². The van der Waals surface area contributed by atoms with E-state index >= 15 is 0 Å². The number of thiophene rings is 1. The normalized spacial score (nSPS) is 11.2. The standard InChI is InChI=1S/C17H19N3O3S2/c1-4-20-16(22)14-10(2)11(3)25-15(14)19-17(20)24-9-13(21)18-8-12-6-5-7-23-12/h5-7H,4,8-9H2,1-3H3,(H,18,21). The summed E-state index contributed by atoms with van der Waals surface area (Å²) in [6.45, 7) is 6.72. The summed E-state index contributed by atoms with van der Waals surface area (Å²) >= 11 is 2.80. The highest BCUT2D eigenvalue weighted by atomic mass is 32.2. The quantitative estimate of drug-likeness (QED) is 0.528. The van der Waals surface area contributed by atoms with E-state index in [9.17, 15) is 9.59 Å². The van der Waals surface area contributed by atoms with E-state index in [1.165, 1.54) is 23.1 Å². The molecule has 0 saturated carbocycles. The van der Waals surface area contributed by atoms with E-state index in [0.717, 1.165) is 15.3 Å². The van der Waals surface area contributed by atoms with Crippen LogP contribution in [0, 0.1) is 13.8 Å². The minimum Gasteiger partial charge on any atom is -0.467 e. The summed E-state index contributed by atoms with van der Waals surface area (Å²) in [5, 5.41) is 4.06. The molecule has 0 aliphatic rings. The van der Waals surface area contributed by atoms with Gasteiger partial charge in [-0.1, -0.05) is 11.8 Å². The lowest BCUT2D eigenvalue weighted by Crippen LogP contribution is -2.26. The number of nitrogens with zero attached hydrogens (tertiary/aromatic N) is 2. The fraction of sp³-hybridized carbons (Fsp3) is 0.353. The number of rotatable bonds is 6. The lowest BCUT2D eigenvalue weighted by Gasteiger charge is -2.10. The molecule has 0 spiro atoms. The van der Waals surface area contributed by atoms with Crippen molar-refractivity contribution < 1.29 is 9.21 Å². The monoisotopic (exact) mass is 377 g/mol. The zero-order chi connectivity index (χ0) is 18.0. The van der Waals surface area contributed by atoms with Gasteiger partial charge in [-0.2, -0.15) is 0 Å². The van der Waals surface area contributed by atoms with Gasteiger partial charge in [0.2, 0.25) is 5.91 Å². The number of thioether (sulfide) groups is 1. The number of hydrogen-bond donors (Lipinski definition) is 1. The third kappa shape index (κ3) is 3.64. The van der Waals surface area contributed by atoms with E-state index in [1.54, 1.807) is 23.0 Å². The SMILES string of the molecule is CCn1c(SCC(=O)NCc2ccco2)nc2sc(C)c(C)c2c1=O. The Bertz CT molecular complexity index is 958. The maximum Gasteiger partial charge on any atom is 0.263 e. The molecule has 6 nitrogen and oxygen atoms in total. The molecule has 3 aromatic heterocycles. The molecule has 0 aromatic carbocycles. The van der Waals surface area contributed by atoms with Gasteiger partial charge in [0.05, 0.1) is 23.9 Å². The Morgan fingerprint density at radius 2 is 2.24 bits per heavy atom. The summed E-state index contributed by atoms with van der Waals surface area (Å²) < 4.78 is 6.81. The van der Waals surface area contributed by atoms with Crippen molar-refractivity contribution in [1.29, 1.82) is 0 Å². The number of hydrogen-bond acceptors (Lipinski definition) is 6. The van der Waals surface area contributed by atoms with Gasteiger partial charge in [-0.25, -0.2) is 4.98 Å². The molecule has 0 atom stereocenters. The molecule has 3 aromatic rings. The summed E-state index contributed by atoms with van der Waals surface area (Å²) in [5.41, 5.74) is 0.959. The number of carbonyl (C=O) groups is 1. The molecule has 3 rings (SSSR count). The van der Waals surface area contributed by atoms with Gasteiger partial charge < -0.3 is 9.73 Å².